The number of aliphatic hydroxyl groups excluding tert-OH is 2. The molecule has 1 saturated heterocycles. The van der Waals surface area contributed by atoms with E-state index in [-0.39, 0.29) is 23.7 Å². The van der Waals surface area contributed by atoms with Gasteiger partial charge in [0.25, 0.3) is 0 Å². The fourth-order valence-electron chi connectivity index (χ4n) is 7.49. The summed E-state index contributed by atoms with van der Waals surface area (Å²) in [5.74, 6) is 2.16. The van der Waals surface area contributed by atoms with Crippen molar-refractivity contribution in [2.75, 3.05) is 6.54 Å². The van der Waals surface area contributed by atoms with Gasteiger partial charge in [0.1, 0.15) is 0 Å². The Balaban J connectivity index is 1.44. The molecule has 30 heavy (non-hydrogen) atoms. The Morgan fingerprint density at radius 1 is 1.20 bits per heavy atom. The summed E-state index contributed by atoms with van der Waals surface area (Å²) in [4.78, 5) is 0. The first-order valence-electron chi connectivity index (χ1n) is 12.2. The van der Waals surface area contributed by atoms with Gasteiger partial charge in [0.2, 0.25) is 0 Å². The summed E-state index contributed by atoms with van der Waals surface area (Å²) in [6.07, 6.45) is 8.20. The molecule has 1 aliphatic heterocycles. The van der Waals surface area contributed by atoms with Crippen molar-refractivity contribution in [3.8, 4) is 0 Å². The van der Waals surface area contributed by atoms with E-state index in [4.69, 9.17) is 0 Å². The van der Waals surface area contributed by atoms with Gasteiger partial charge in [-0.3, -0.25) is 0 Å². The Bertz CT molecular complexity index is 861. The van der Waals surface area contributed by atoms with Crippen LogP contribution in [-0.4, -0.2) is 35.0 Å². The van der Waals surface area contributed by atoms with Gasteiger partial charge in [-0.15, -0.1) is 0 Å². The molecule has 164 valence electrons. The summed E-state index contributed by atoms with van der Waals surface area (Å²) < 4.78 is 0. The Morgan fingerprint density at radius 2 is 2.00 bits per heavy atom. The van der Waals surface area contributed by atoms with E-state index in [0.717, 1.165) is 38.6 Å². The van der Waals surface area contributed by atoms with Crippen LogP contribution in [-0.2, 0) is 6.42 Å². The first-order valence-corrected chi connectivity index (χ1v) is 12.2. The number of aliphatic hydroxyl groups is 2. The number of allylic oxidation sites excluding steroid dienone is 1. The molecule has 0 aromatic heterocycles. The molecule has 0 radical (unpaired) electrons. The Morgan fingerprint density at radius 3 is 2.77 bits per heavy atom. The van der Waals surface area contributed by atoms with Gasteiger partial charge in [-0.05, 0) is 103 Å². The number of fused-ring (bicyclic) bond motifs is 5. The largest absolute Gasteiger partial charge is 0.393 e. The van der Waals surface area contributed by atoms with Gasteiger partial charge in [0.05, 0.1) is 12.2 Å². The van der Waals surface area contributed by atoms with Gasteiger partial charge in [0.15, 0.2) is 0 Å². The van der Waals surface area contributed by atoms with E-state index in [1.807, 2.05) is 0 Å². The zero-order valence-corrected chi connectivity index (χ0v) is 19.1. The van der Waals surface area contributed by atoms with Gasteiger partial charge in [-0.25, -0.2) is 0 Å². The summed E-state index contributed by atoms with van der Waals surface area (Å²) in [6.45, 7) is 10.3. The van der Waals surface area contributed by atoms with Crippen LogP contribution in [0.3, 0.4) is 0 Å². The van der Waals surface area contributed by atoms with E-state index < -0.39 is 0 Å². The molecule has 3 aliphatic carbocycles. The Kier molecular flexibility index (Phi) is 5.16. The molecule has 4 aliphatic rings. The number of benzene rings is 1. The van der Waals surface area contributed by atoms with Crippen LogP contribution in [0.25, 0.3) is 0 Å². The fraction of sp³-hybridized carbons (Fsp3) is 0.704. The maximum absolute atomic E-state index is 10.7. The number of nitrogens with one attached hydrogen (secondary N) is 1. The lowest BCUT2D eigenvalue weighted by Gasteiger charge is -2.48. The maximum atomic E-state index is 10.7. The maximum Gasteiger partial charge on any atom is 0.0702 e. The van der Waals surface area contributed by atoms with Crippen LogP contribution < -0.4 is 5.32 Å². The van der Waals surface area contributed by atoms with Crippen molar-refractivity contribution in [1.29, 1.82) is 0 Å². The molecule has 1 aromatic rings. The topological polar surface area (TPSA) is 52.5 Å². The molecule has 1 saturated carbocycles. The second kappa shape index (κ2) is 7.46. The van der Waals surface area contributed by atoms with E-state index in [2.05, 4.69) is 51.2 Å². The number of piperidine rings is 1. The second-order valence-electron chi connectivity index (χ2n) is 11.2. The molecule has 8 atom stereocenters. The minimum Gasteiger partial charge on any atom is -0.393 e. The minimum atomic E-state index is -0.265. The molecule has 1 heterocycles. The van der Waals surface area contributed by atoms with Gasteiger partial charge in [-0.2, -0.15) is 0 Å². The van der Waals surface area contributed by atoms with E-state index in [9.17, 15) is 10.2 Å². The van der Waals surface area contributed by atoms with Crippen molar-refractivity contribution in [2.45, 2.75) is 96.3 Å². The Labute approximate surface area is 182 Å². The van der Waals surface area contributed by atoms with Crippen molar-refractivity contribution >= 4 is 0 Å². The van der Waals surface area contributed by atoms with E-state index in [1.54, 1.807) is 11.1 Å². The van der Waals surface area contributed by atoms with Crippen LogP contribution in [0.2, 0.25) is 0 Å². The van der Waals surface area contributed by atoms with Gasteiger partial charge < -0.3 is 15.5 Å². The highest BCUT2D eigenvalue weighted by molar-refractivity contribution is 5.49. The van der Waals surface area contributed by atoms with Crippen LogP contribution in [0.15, 0.2) is 23.8 Å². The zero-order chi connectivity index (χ0) is 21.2. The van der Waals surface area contributed by atoms with Gasteiger partial charge in [0, 0.05) is 6.04 Å². The van der Waals surface area contributed by atoms with Crippen molar-refractivity contribution in [3.63, 3.8) is 0 Å². The molecule has 1 aromatic carbocycles. The SMILES string of the molecule is Cc1c([C@@H](C)[C@H]2NC[C@H](C)C[C@@H]2O)ccc2c1C[C@H]1[C@@H]2CC=C2C[C@@H](O)CC[C@@]21C. The fourth-order valence-corrected chi connectivity index (χ4v) is 7.49. The quantitative estimate of drug-likeness (QED) is 0.626. The van der Waals surface area contributed by atoms with E-state index in [0.29, 0.717) is 23.7 Å². The standard InChI is InChI=1S/C27H39NO2/c1-15-11-25(30)26(28-14-15)17(3)20-7-8-21-22-6-5-18-12-19(29)9-10-27(18,4)24(22)13-23(21)16(20)2/h5,7-8,15,17,19,22,24-26,28-30H,6,9-14H2,1-4H3/t15-,17-,19+,22-,24+,25+,26-,27+/m1/s1. The summed E-state index contributed by atoms with van der Waals surface area (Å²) in [7, 11) is 0. The highest BCUT2D eigenvalue weighted by Gasteiger charge is 2.50. The molecule has 0 spiro atoms. The molecule has 0 unspecified atom stereocenters. The summed E-state index contributed by atoms with van der Waals surface area (Å²) in [5.41, 5.74) is 7.79. The third-order valence-electron chi connectivity index (χ3n) is 9.40. The average molecular weight is 410 g/mol. The van der Waals surface area contributed by atoms with E-state index in [1.165, 1.54) is 23.1 Å². The Hall–Kier alpha value is -1.16. The third-order valence-corrected chi connectivity index (χ3v) is 9.40. The molecular formula is C27H39NO2. The minimum absolute atomic E-state index is 0.143. The molecule has 0 bridgehead atoms. The lowest BCUT2D eigenvalue weighted by atomic mass is 9.57. The normalized spacial score (nSPS) is 41.5. The van der Waals surface area contributed by atoms with Crippen LogP contribution in [0.5, 0.6) is 0 Å². The molecule has 2 fully saturated rings. The van der Waals surface area contributed by atoms with Crippen molar-refractivity contribution < 1.29 is 10.2 Å². The predicted octanol–water partition coefficient (Wildman–Crippen LogP) is 4.59. The number of rotatable bonds is 2. The highest BCUT2D eigenvalue weighted by Crippen LogP contribution is 2.60. The monoisotopic (exact) mass is 409 g/mol. The smallest absolute Gasteiger partial charge is 0.0702 e. The summed E-state index contributed by atoms with van der Waals surface area (Å²) >= 11 is 0. The lowest BCUT2D eigenvalue weighted by Crippen LogP contribution is -2.50. The predicted molar refractivity (Wildman–Crippen MR) is 122 cm³/mol. The first kappa shape index (κ1) is 20.7. The first-order chi connectivity index (χ1) is 14.3. The molecule has 5 rings (SSSR count). The third kappa shape index (κ3) is 3.12. The van der Waals surface area contributed by atoms with Gasteiger partial charge in [-0.1, -0.05) is 44.6 Å². The van der Waals surface area contributed by atoms with Crippen molar-refractivity contribution in [3.05, 3.63) is 46.0 Å². The lowest BCUT2D eigenvalue weighted by molar-refractivity contribution is 0.0656. The molecule has 0 amide bonds. The number of hydrogen-bond donors (Lipinski definition) is 3. The second-order valence-corrected chi connectivity index (χ2v) is 11.2. The van der Waals surface area contributed by atoms with Crippen LogP contribution in [0.1, 0.15) is 87.0 Å². The summed E-state index contributed by atoms with van der Waals surface area (Å²) in [5, 5.41) is 24.6. The van der Waals surface area contributed by atoms with Crippen LogP contribution >= 0.6 is 0 Å². The molecule has 3 nitrogen and oxygen atoms in total. The van der Waals surface area contributed by atoms with Crippen molar-refractivity contribution in [1.82, 2.24) is 5.32 Å². The van der Waals surface area contributed by atoms with Gasteiger partial charge >= 0.3 is 0 Å². The van der Waals surface area contributed by atoms with E-state index >= 15 is 0 Å². The molecule has 3 heteroatoms. The van der Waals surface area contributed by atoms with Crippen LogP contribution in [0, 0.1) is 24.2 Å². The molecule has 3 N–H and O–H groups in total. The number of hydrogen-bond acceptors (Lipinski definition) is 3. The summed E-state index contributed by atoms with van der Waals surface area (Å²) in [6, 6.07) is 4.92. The highest BCUT2D eigenvalue weighted by atomic mass is 16.3. The van der Waals surface area contributed by atoms with Crippen molar-refractivity contribution in [2.24, 2.45) is 17.3 Å². The zero-order valence-electron chi connectivity index (χ0n) is 19.1. The van der Waals surface area contributed by atoms with Crippen LogP contribution in [0.4, 0.5) is 0 Å². The molecular weight excluding hydrogens is 370 g/mol. The average Bonchev–Trinajstić information content (AvgIpc) is 3.09.